The van der Waals surface area contributed by atoms with E-state index in [0.29, 0.717) is 17.4 Å². The third-order valence-electron chi connectivity index (χ3n) is 4.22. The summed E-state index contributed by atoms with van der Waals surface area (Å²) in [5.41, 5.74) is 4.15. The topological polar surface area (TPSA) is 64.8 Å². The Morgan fingerprint density at radius 3 is 2.58 bits per heavy atom. The van der Waals surface area contributed by atoms with Crippen LogP contribution < -0.4 is 9.47 Å². The Bertz CT molecular complexity index is 927. The van der Waals surface area contributed by atoms with E-state index in [1.165, 1.54) is 4.90 Å². The number of para-hydroxylation sites is 2. The molecule has 1 amide bonds. The lowest BCUT2D eigenvalue weighted by Crippen LogP contribution is -2.26. The Balaban J connectivity index is 1.81. The number of aromatic nitrogens is 1. The predicted molar refractivity (Wildman–Crippen MR) is 98.7 cm³/mol. The highest BCUT2D eigenvalue weighted by molar-refractivity contribution is 5.72. The van der Waals surface area contributed by atoms with Crippen molar-refractivity contribution in [1.82, 2.24) is 9.88 Å². The number of hydrogen-bond acceptors (Lipinski definition) is 5. The molecule has 26 heavy (non-hydrogen) atoms. The first-order valence-electron chi connectivity index (χ1n) is 8.34. The van der Waals surface area contributed by atoms with Crippen LogP contribution in [0.4, 0.5) is 4.79 Å². The van der Waals surface area contributed by atoms with Gasteiger partial charge in [-0.05, 0) is 55.7 Å². The second-order valence-electron chi connectivity index (χ2n) is 6.40. The van der Waals surface area contributed by atoms with Gasteiger partial charge < -0.3 is 18.8 Å². The summed E-state index contributed by atoms with van der Waals surface area (Å²) < 4.78 is 17.1. The van der Waals surface area contributed by atoms with E-state index in [-0.39, 0.29) is 6.61 Å². The van der Waals surface area contributed by atoms with Crippen LogP contribution in [0.3, 0.4) is 0 Å². The molecule has 136 valence electrons. The number of aryl methyl sites for hydroxylation is 1. The molecule has 1 heterocycles. The summed E-state index contributed by atoms with van der Waals surface area (Å²) in [6.07, 6.45) is -0.407. The highest BCUT2D eigenvalue weighted by Gasteiger charge is 2.17. The molecule has 0 atom stereocenters. The summed E-state index contributed by atoms with van der Waals surface area (Å²) >= 11 is 0. The molecule has 0 bridgehead atoms. The van der Waals surface area contributed by atoms with Gasteiger partial charge >= 0.3 is 6.09 Å². The largest absolute Gasteiger partial charge is 0.484 e. The van der Waals surface area contributed by atoms with Crippen molar-refractivity contribution in [2.45, 2.75) is 27.4 Å². The van der Waals surface area contributed by atoms with Crippen molar-refractivity contribution in [2.24, 2.45) is 0 Å². The van der Waals surface area contributed by atoms with Gasteiger partial charge in [0.05, 0.1) is 0 Å². The lowest BCUT2D eigenvalue weighted by Gasteiger charge is -2.18. The summed E-state index contributed by atoms with van der Waals surface area (Å²) in [4.78, 5) is 17.7. The maximum Gasteiger partial charge on any atom is 0.414 e. The molecular formula is C20H22N2O4. The van der Waals surface area contributed by atoms with Crippen molar-refractivity contribution < 1.29 is 18.7 Å². The van der Waals surface area contributed by atoms with Crippen molar-refractivity contribution >= 4 is 17.2 Å². The fourth-order valence-electron chi connectivity index (χ4n) is 2.63. The first-order valence-corrected chi connectivity index (χ1v) is 8.34. The molecule has 0 fully saturated rings. The molecule has 0 radical (unpaired) electrons. The molecule has 3 aromatic rings. The summed E-state index contributed by atoms with van der Waals surface area (Å²) in [6, 6.07) is 9.46. The van der Waals surface area contributed by atoms with E-state index < -0.39 is 6.09 Å². The van der Waals surface area contributed by atoms with Gasteiger partial charge in [-0.25, -0.2) is 9.78 Å². The maximum atomic E-state index is 11.9. The Kier molecular flexibility index (Phi) is 4.84. The minimum absolute atomic E-state index is 0.227. The minimum atomic E-state index is -0.407. The average molecular weight is 354 g/mol. The molecule has 0 aliphatic heterocycles. The number of carbonyl (C=O) groups is 1. The fourth-order valence-corrected chi connectivity index (χ4v) is 2.63. The van der Waals surface area contributed by atoms with Crippen LogP contribution in [-0.4, -0.2) is 30.1 Å². The summed E-state index contributed by atoms with van der Waals surface area (Å²) in [5, 5.41) is 0. The Hall–Kier alpha value is -3.02. The quantitative estimate of drug-likeness (QED) is 0.695. The summed E-state index contributed by atoms with van der Waals surface area (Å²) in [5.74, 6) is 1.80. The van der Waals surface area contributed by atoms with Crippen molar-refractivity contribution in [2.75, 3.05) is 14.1 Å². The number of fused-ring (bicyclic) bond motifs is 1. The van der Waals surface area contributed by atoms with Crippen LogP contribution in [0.15, 0.2) is 34.7 Å². The van der Waals surface area contributed by atoms with Crippen LogP contribution in [0.2, 0.25) is 0 Å². The predicted octanol–water partition coefficient (Wildman–Crippen LogP) is 4.39. The maximum absolute atomic E-state index is 11.9. The summed E-state index contributed by atoms with van der Waals surface area (Å²) in [6.45, 7) is 5.96. The molecule has 0 saturated heterocycles. The molecule has 0 N–H and O–H groups in total. The van der Waals surface area contributed by atoms with E-state index in [2.05, 4.69) is 4.98 Å². The van der Waals surface area contributed by atoms with Gasteiger partial charge in [-0.3, -0.25) is 0 Å². The molecule has 0 spiro atoms. The number of oxazole rings is 1. The molecule has 0 saturated carbocycles. The second-order valence-corrected chi connectivity index (χ2v) is 6.40. The zero-order valence-electron chi connectivity index (χ0n) is 15.6. The summed E-state index contributed by atoms with van der Waals surface area (Å²) in [7, 11) is 3.30. The first kappa shape index (κ1) is 17.8. The third-order valence-corrected chi connectivity index (χ3v) is 4.22. The number of hydrogen-bond donors (Lipinski definition) is 0. The zero-order chi connectivity index (χ0) is 18.8. The first-order chi connectivity index (χ1) is 12.4. The molecule has 3 rings (SSSR count). The van der Waals surface area contributed by atoms with Crippen LogP contribution in [0, 0.1) is 20.8 Å². The van der Waals surface area contributed by atoms with E-state index >= 15 is 0 Å². The van der Waals surface area contributed by atoms with Crippen LogP contribution in [0.5, 0.6) is 11.5 Å². The van der Waals surface area contributed by atoms with Crippen LogP contribution in [-0.2, 0) is 6.61 Å². The SMILES string of the molecule is Cc1cc(OCc2nc3ccccc3o2)c(C)c(C)c1OC(=O)N(C)C. The van der Waals surface area contributed by atoms with Crippen molar-refractivity contribution in [3.05, 3.63) is 52.9 Å². The Morgan fingerprint density at radius 2 is 1.88 bits per heavy atom. The van der Waals surface area contributed by atoms with Gasteiger partial charge in [0.15, 0.2) is 12.2 Å². The van der Waals surface area contributed by atoms with Gasteiger partial charge in [0.2, 0.25) is 5.89 Å². The molecule has 0 aliphatic rings. The molecule has 0 unspecified atom stereocenters. The van der Waals surface area contributed by atoms with Crippen LogP contribution in [0.25, 0.3) is 11.1 Å². The fraction of sp³-hybridized carbons (Fsp3) is 0.300. The average Bonchev–Trinajstić information content (AvgIpc) is 3.03. The number of benzene rings is 2. The third kappa shape index (κ3) is 3.49. The Labute approximate surface area is 152 Å². The van der Waals surface area contributed by atoms with Gasteiger partial charge in [0, 0.05) is 14.1 Å². The molecular weight excluding hydrogens is 332 g/mol. The Morgan fingerprint density at radius 1 is 1.15 bits per heavy atom. The van der Waals surface area contributed by atoms with E-state index in [1.807, 2.05) is 51.1 Å². The number of rotatable bonds is 4. The van der Waals surface area contributed by atoms with Crippen LogP contribution >= 0.6 is 0 Å². The molecule has 2 aromatic carbocycles. The number of nitrogens with zero attached hydrogens (tertiary/aromatic N) is 2. The number of ether oxygens (including phenoxy) is 2. The van der Waals surface area contributed by atoms with Crippen molar-refractivity contribution in [1.29, 1.82) is 0 Å². The van der Waals surface area contributed by atoms with E-state index in [4.69, 9.17) is 13.9 Å². The highest BCUT2D eigenvalue weighted by Crippen LogP contribution is 2.34. The minimum Gasteiger partial charge on any atom is -0.484 e. The van der Waals surface area contributed by atoms with Gasteiger partial charge in [0.25, 0.3) is 0 Å². The number of amides is 1. The number of carbonyl (C=O) groups excluding carboxylic acids is 1. The molecule has 1 aromatic heterocycles. The standard InChI is InChI=1S/C20H22N2O4/c1-12-10-17(13(2)14(3)19(12)26-20(23)22(4)5)24-11-18-21-15-8-6-7-9-16(15)25-18/h6-10H,11H2,1-5H3. The van der Waals surface area contributed by atoms with E-state index in [9.17, 15) is 4.79 Å². The lowest BCUT2D eigenvalue weighted by atomic mass is 10.0. The van der Waals surface area contributed by atoms with Crippen molar-refractivity contribution in [3.8, 4) is 11.5 Å². The lowest BCUT2D eigenvalue weighted by molar-refractivity contribution is 0.171. The molecule has 6 heteroatoms. The molecule has 6 nitrogen and oxygen atoms in total. The van der Waals surface area contributed by atoms with E-state index in [0.717, 1.165) is 27.8 Å². The van der Waals surface area contributed by atoms with Gasteiger partial charge in [-0.2, -0.15) is 0 Å². The van der Waals surface area contributed by atoms with Gasteiger partial charge in [0.1, 0.15) is 17.0 Å². The van der Waals surface area contributed by atoms with Crippen molar-refractivity contribution in [3.63, 3.8) is 0 Å². The monoisotopic (exact) mass is 354 g/mol. The zero-order valence-corrected chi connectivity index (χ0v) is 15.6. The van der Waals surface area contributed by atoms with Gasteiger partial charge in [-0.1, -0.05) is 12.1 Å². The normalized spacial score (nSPS) is 10.8. The van der Waals surface area contributed by atoms with E-state index in [1.54, 1.807) is 14.1 Å². The molecule has 0 aliphatic carbocycles. The smallest absolute Gasteiger partial charge is 0.414 e. The second kappa shape index (κ2) is 7.07. The van der Waals surface area contributed by atoms with Gasteiger partial charge in [-0.15, -0.1) is 0 Å². The highest BCUT2D eigenvalue weighted by atomic mass is 16.6. The van der Waals surface area contributed by atoms with Crippen LogP contribution in [0.1, 0.15) is 22.6 Å².